The Morgan fingerprint density at radius 3 is 2.85 bits per heavy atom. The summed E-state index contributed by atoms with van der Waals surface area (Å²) >= 11 is 3.10. The molecular formula is C13H15N3O2S2. The van der Waals surface area contributed by atoms with Crippen molar-refractivity contribution in [1.82, 2.24) is 9.78 Å². The zero-order valence-electron chi connectivity index (χ0n) is 11.2. The van der Waals surface area contributed by atoms with Crippen LogP contribution in [0.25, 0.3) is 0 Å². The average Bonchev–Trinajstić information content (AvgIpc) is 2.97. The van der Waals surface area contributed by atoms with E-state index in [-0.39, 0.29) is 22.8 Å². The summed E-state index contributed by atoms with van der Waals surface area (Å²) in [4.78, 5) is 25.3. The highest BCUT2D eigenvalue weighted by Crippen LogP contribution is 2.41. The monoisotopic (exact) mass is 309 g/mol. The number of carbonyl (C=O) groups is 1. The number of nitrogens with zero attached hydrogens (tertiary/aromatic N) is 1. The highest BCUT2D eigenvalue weighted by Gasteiger charge is 2.31. The van der Waals surface area contributed by atoms with Gasteiger partial charge < -0.3 is 5.32 Å². The Bertz CT molecular complexity index is 685. The number of H-pyrrole nitrogens is 1. The van der Waals surface area contributed by atoms with Crippen LogP contribution < -0.4 is 10.9 Å². The number of thioether (sulfide) groups is 1. The Balaban J connectivity index is 2.19. The minimum Gasteiger partial charge on any atom is -0.310 e. The maximum Gasteiger partial charge on any atom is 0.271 e. The van der Waals surface area contributed by atoms with Gasteiger partial charge in [0.25, 0.3) is 5.56 Å². The number of hydrogen-bond donors (Lipinski definition) is 2. The summed E-state index contributed by atoms with van der Waals surface area (Å²) in [5.74, 6) is 0.900. The number of nitrogens with one attached hydrogen (secondary N) is 2. The van der Waals surface area contributed by atoms with Crippen molar-refractivity contribution in [2.45, 2.75) is 25.1 Å². The van der Waals surface area contributed by atoms with Crippen molar-refractivity contribution in [2.24, 2.45) is 0 Å². The molecule has 2 aromatic rings. The molecule has 2 aromatic heterocycles. The van der Waals surface area contributed by atoms with E-state index in [9.17, 15) is 9.59 Å². The van der Waals surface area contributed by atoms with Gasteiger partial charge in [-0.3, -0.25) is 19.4 Å². The van der Waals surface area contributed by atoms with Crippen molar-refractivity contribution in [3.63, 3.8) is 0 Å². The summed E-state index contributed by atoms with van der Waals surface area (Å²) in [5, 5.41) is 7.59. The number of carbonyl (C=O) groups excluding carboxylic acids is 1. The molecule has 1 atom stereocenters. The normalized spacial score (nSPS) is 18.8. The van der Waals surface area contributed by atoms with Crippen molar-refractivity contribution >= 4 is 34.8 Å². The van der Waals surface area contributed by atoms with Crippen LogP contribution in [0.15, 0.2) is 22.3 Å². The Morgan fingerprint density at radius 1 is 1.40 bits per heavy atom. The fourth-order valence-electron chi connectivity index (χ4n) is 2.30. The summed E-state index contributed by atoms with van der Waals surface area (Å²) in [6, 6.07) is 4.06. The lowest BCUT2D eigenvalue weighted by atomic mass is 10.2. The van der Waals surface area contributed by atoms with Gasteiger partial charge in [-0.2, -0.15) is 0 Å². The molecule has 1 aliphatic rings. The van der Waals surface area contributed by atoms with E-state index in [1.165, 1.54) is 11.8 Å². The highest BCUT2D eigenvalue weighted by molar-refractivity contribution is 8.00. The van der Waals surface area contributed by atoms with Gasteiger partial charge in [-0.25, -0.2) is 0 Å². The van der Waals surface area contributed by atoms with Crippen molar-refractivity contribution < 1.29 is 4.79 Å². The molecule has 2 N–H and O–H groups in total. The number of fused-ring (bicyclic) bond motifs is 1. The molecule has 0 bridgehead atoms. The molecule has 0 fully saturated rings. The van der Waals surface area contributed by atoms with E-state index in [4.69, 9.17) is 0 Å². The molecule has 3 rings (SSSR count). The number of anilines is 1. The molecule has 3 heterocycles. The average molecular weight is 309 g/mol. The molecule has 0 radical (unpaired) electrons. The zero-order chi connectivity index (χ0) is 14.3. The smallest absolute Gasteiger partial charge is 0.271 e. The molecule has 20 heavy (non-hydrogen) atoms. The van der Waals surface area contributed by atoms with Gasteiger partial charge >= 0.3 is 0 Å². The number of hydrogen-bond acceptors (Lipinski definition) is 4. The van der Waals surface area contributed by atoms with Crippen LogP contribution in [0, 0.1) is 0 Å². The molecule has 0 saturated heterocycles. The Labute approximate surface area is 124 Å². The summed E-state index contributed by atoms with van der Waals surface area (Å²) in [6.45, 7) is 3.95. The van der Waals surface area contributed by atoms with E-state index in [1.54, 1.807) is 16.0 Å². The van der Waals surface area contributed by atoms with Gasteiger partial charge in [-0.05, 0) is 25.3 Å². The first-order valence-corrected chi connectivity index (χ1v) is 8.30. The number of aromatic amines is 1. The van der Waals surface area contributed by atoms with E-state index in [0.29, 0.717) is 17.1 Å². The van der Waals surface area contributed by atoms with Crippen LogP contribution in [0.5, 0.6) is 0 Å². The first kappa shape index (κ1) is 13.5. The molecule has 7 heteroatoms. The second-order valence-corrected chi connectivity index (χ2v) is 6.99. The lowest BCUT2D eigenvalue weighted by Gasteiger charge is -2.13. The van der Waals surface area contributed by atoms with Crippen molar-refractivity contribution in [2.75, 3.05) is 11.1 Å². The Morgan fingerprint density at radius 2 is 2.20 bits per heavy atom. The standard InChI is InChI=1S/C13H15N3O2S2/c1-7(2)16-12-10(13(18)15-16)11(8-4-3-5-19-8)20-6-9(17)14-12/h3-5,7,11H,6H2,1-2H3,(H,14,17)(H,15,18)/t11-/m0/s1. The van der Waals surface area contributed by atoms with Gasteiger partial charge in [-0.15, -0.1) is 23.1 Å². The van der Waals surface area contributed by atoms with Crippen LogP contribution in [0.3, 0.4) is 0 Å². The topological polar surface area (TPSA) is 66.9 Å². The van der Waals surface area contributed by atoms with E-state index in [2.05, 4.69) is 10.4 Å². The molecule has 0 aromatic carbocycles. The molecule has 106 valence electrons. The van der Waals surface area contributed by atoms with E-state index >= 15 is 0 Å². The van der Waals surface area contributed by atoms with Crippen LogP contribution in [0.1, 0.15) is 35.6 Å². The largest absolute Gasteiger partial charge is 0.310 e. The van der Waals surface area contributed by atoms with Gasteiger partial charge in [0.1, 0.15) is 5.82 Å². The van der Waals surface area contributed by atoms with Crippen LogP contribution in [-0.4, -0.2) is 21.4 Å². The van der Waals surface area contributed by atoms with Crippen molar-refractivity contribution in [1.29, 1.82) is 0 Å². The molecule has 0 unspecified atom stereocenters. The fourth-order valence-corrected chi connectivity index (χ4v) is 4.40. The Kier molecular flexibility index (Phi) is 3.47. The molecule has 5 nitrogen and oxygen atoms in total. The number of aromatic nitrogens is 2. The molecule has 0 aliphatic carbocycles. The zero-order valence-corrected chi connectivity index (χ0v) is 12.8. The number of rotatable bonds is 2. The van der Waals surface area contributed by atoms with Crippen molar-refractivity contribution in [3.05, 3.63) is 38.3 Å². The summed E-state index contributed by atoms with van der Waals surface area (Å²) in [7, 11) is 0. The minimum atomic E-state index is -0.123. The summed E-state index contributed by atoms with van der Waals surface area (Å²) < 4.78 is 1.74. The number of amides is 1. The second-order valence-electron chi connectivity index (χ2n) is 4.92. The highest BCUT2D eigenvalue weighted by atomic mass is 32.2. The van der Waals surface area contributed by atoms with Gasteiger partial charge in [0.05, 0.1) is 16.6 Å². The van der Waals surface area contributed by atoms with Gasteiger partial charge in [0, 0.05) is 10.9 Å². The third kappa shape index (κ3) is 2.20. The van der Waals surface area contributed by atoms with Crippen LogP contribution in [-0.2, 0) is 4.79 Å². The minimum absolute atomic E-state index is 0.0660. The van der Waals surface area contributed by atoms with Crippen LogP contribution >= 0.6 is 23.1 Å². The lowest BCUT2D eigenvalue weighted by molar-refractivity contribution is -0.113. The van der Waals surface area contributed by atoms with Crippen LogP contribution in [0.2, 0.25) is 0 Å². The Hall–Kier alpha value is -1.47. The first-order valence-electron chi connectivity index (χ1n) is 6.37. The van der Waals surface area contributed by atoms with Crippen LogP contribution in [0.4, 0.5) is 5.82 Å². The molecule has 1 aliphatic heterocycles. The molecular weight excluding hydrogens is 294 g/mol. The lowest BCUT2D eigenvalue weighted by Crippen LogP contribution is -2.17. The van der Waals surface area contributed by atoms with Crippen molar-refractivity contribution in [3.8, 4) is 0 Å². The third-order valence-corrected chi connectivity index (χ3v) is 5.52. The maximum atomic E-state index is 12.3. The van der Waals surface area contributed by atoms with E-state index in [0.717, 1.165) is 4.88 Å². The fraction of sp³-hybridized carbons (Fsp3) is 0.385. The molecule has 1 amide bonds. The van der Waals surface area contributed by atoms with Gasteiger partial charge in [-0.1, -0.05) is 6.07 Å². The first-order chi connectivity index (χ1) is 9.58. The quantitative estimate of drug-likeness (QED) is 0.896. The predicted molar refractivity (Wildman–Crippen MR) is 82.7 cm³/mol. The summed E-state index contributed by atoms with van der Waals surface area (Å²) in [5.41, 5.74) is 0.527. The molecule has 0 spiro atoms. The van der Waals surface area contributed by atoms with Gasteiger partial charge in [0.2, 0.25) is 5.91 Å². The van der Waals surface area contributed by atoms with E-state index < -0.39 is 0 Å². The third-order valence-electron chi connectivity index (χ3n) is 3.18. The predicted octanol–water partition coefficient (Wildman–Crippen LogP) is 2.59. The molecule has 0 saturated carbocycles. The van der Waals surface area contributed by atoms with E-state index in [1.807, 2.05) is 31.4 Å². The summed E-state index contributed by atoms with van der Waals surface area (Å²) in [6.07, 6.45) is 0. The second kappa shape index (κ2) is 5.14. The number of thiophene rings is 1. The van der Waals surface area contributed by atoms with Gasteiger partial charge in [0.15, 0.2) is 0 Å². The maximum absolute atomic E-state index is 12.3. The SMILES string of the molecule is CC(C)n1[nH]c(=O)c2c1NC(=O)CS[C@H]2c1cccs1.